The first-order valence-corrected chi connectivity index (χ1v) is 6.40. The number of amides is 1. The van der Waals surface area contributed by atoms with Gasteiger partial charge in [0.05, 0.1) is 7.05 Å². The molecule has 0 aliphatic heterocycles. The minimum atomic E-state index is 0. The molecule has 5 heteroatoms. The van der Waals surface area contributed by atoms with Crippen LogP contribution in [0, 0.1) is 5.92 Å². The van der Waals surface area contributed by atoms with Crippen molar-refractivity contribution in [1.82, 2.24) is 9.47 Å². The highest BCUT2D eigenvalue weighted by Gasteiger charge is 2.30. The van der Waals surface area contributed by atoms with Gasteiger partial charge < -0.3 is 28.9 Å². The van der Waals surface area contributed by atoms with E-state index < -0.39 is 0 Å². The van der Waals surface area contributed by atoms with Crippen molar-refractivity contribution in [1.29, 1.82) is 0 Å². The van der Waals surface area contributed by atoms with Gasteiger partial charge in [0.2, 0.25) is 0 Å². The summed E-state index contributed by atoms with van der Waals surface area (Å²) < 4.78 is 3.54. The normalized spacial score (nSPS) is 23.3. The molecule has 0 bridgehead atoms. The predicted octanol–water partition coefficient (Wildman–Crippen LogP) is -1.20. The Kier molecular flexibility index (Phi) is 5.62. The van der Waals surface area contributed by atoms with Crippen LogP contribution >= 0.6 is 0 Å². The van der Waals surface area contributed by atoms with E-state index in [2.05, 4.69) is 6.92 Å². The number of aryl methyl sites for hydroxylation is 1. The van der Waals surface area contributed by atoms with Crippen molar-refractivity contribution in [2.45, 2.75) is 38.6 Å². The molecule has 1 saturated carbocycles. The minimum absolute atomic E-state index is 0. The van der Waals surface area contributed by atoms with Gasteiger partial charge in [0.1, 0.15) is 12.4 Å². The van der Waals surface area contributed by atoms with Crippen molar-refractivity contribution < 1.29 is 33.3 Å². The van der Waals surface area contributed by atoms with Crippen molar-refractivity contribution >= 4 is 6.03 Å². The zero-order chi connectivity index (χ0) is 12.4. The lowest BCUT2D eigenvalue weighted by atomic mass is 9.85. The molecular weight excluding hydrogens is 341 g/mol. The van der Waals surface area contributed by atoms with Gasteiger partial charge in [-0.3, -0.25) is 0 Å². The summed E-state index contributed by atoms with van der Waals surface area (Å²) in [6, 6.07) is 0.466. The van der Waals surface area contributed by atoms with E-state index in [-0.39, 0.29) is 30.0 Å². The van der Waals surface area contributed by atoms with Gasteiger partial charge >= 0.3 is 6.03 Å². The molecule has 0 aromatic carbocycles. The van der Waals surface area contributed by atoms with Crippen LogP contribution in [0.5, 0.6) is 0 Å². The number of carbonyl (C=O) groups is 1. The Balaban J connectivity index is 0.00000162. The number of nitrogens with zero attached hydrogens (tertiary/aromatic N) is 3. The van der Waals surface area contributed by atoms with Crippen molar-refractivity contribution in [2.24, 2.45) is 13.0 Å². The van der Waals surface area contributed by atoms with Crippen LogP contribution in [0.3, 0.4) is 0 Å². The average Bonchev–Trinajstić information content (AvgIpc) is 2.75. The summed E-state index contributed by atoms with van der Waals surface area (Å²) in [5.41, 5.74) is 0. The number of hydrogen-bond donors (Lipinski definition) is 0. The van der Waals surface area contributed by atoms with E-state index in [0.29, 0.717) is 12.0 Å². The first-order valence-electron chi connectivity index (χ1n) is 6.40. The third-order valence-corrected chi connectivity index (χ3v) is 3.86. The Morgan fingerprint density at radius 2 is 2.06 bits per heavy atom. The molecule has 102 valence electrons. The lowest BCUT2D eigenvalue weighted by Crippen LogP contribution is -3.00. The third kappa shape index (κ3) is 3.24. The lowest BCUT2D eigenvalue weighted by molar-refractivity contribution is -0.670. The summed E-state index contributed by atoms with van der Waals surface area (Å²) in [7, 11) is 3.85. The van der Waals surface area contributed by atoms with Gasteiger partial charge in [-0.05, 0) is 18.8 Å². The molecule has 0 radical (unpaired) electrons. The Labute approximate surface area is 126 Å². The molecule has 2 unspecified atom stereocenters. The van der Waals surface area contributed by atoms with Crippen LogP contribution < -0.4 is 28.5 Å². The van der Waals surface area contributed by atoms with E-state index in [4.69, 9.17) is 0 Å². The van der Waals surface area contributed by atoms with Gasteiger partial charge in [0.15, 0.2) is 0 Å². The van der Waals surface area contributed by atoms with Crippen molar-refractivity contribution in [3.63, 3.8) is 0 Å². The van der Waals surface area contributed by atoms with Gasteiger partial charge in [-0.15, -0.1) is 0 Å². The van der Waals surface area contributed by atoms with Crippen molar-refractivity contribution in [3.8, 4) is 0 Å². The van der Waals surface area contributed by atoms with Crippen LogP contribution in [0.1, 0.15) is 32.6 Å². The van der Waals surface area contributed by atoms with Crippen LogP contribution in [-0.2, 0) is 7.05 Å². The predicted molar refractivity (Wildman–Crippen MR) is 65.6 cm³/mol. The molecule has 2 atom stereocenters. The molecule has 2 rings (SSSR count). The van der Waals surface area contributed by atoms with E-state index in [1.165, 1.54) is 19.3 Å². The maximum Gasteiger partial charge on any atom is 0.415 e. The average molecular weight is 363 g/mol. The fourth-order valence-electron chi connectivity index (χ4n) is 2.76. The second kappa shape index (κ2) is 6.54. The van der Waals surface area contributed by atoms with Gasteiger partial charge in [-0.25, -0.2) is 9.36 Å². The van der Waals surface area contributed by atoms with Crippen molar-refractivity contribution in [3.05, 3.63) is 18.7 Å². The highest BCUT2D eigenvalue weighted by Crippen LogP contribution is 2.27. The quantitative estimate of drug-likeness (QED) is 0.455. The van der Waals surface area contributed by atoms with Crippen LogP contribution in [-0.4, -0.2) is 28.6 Å². The van der Waals surface area contributed by atoms with Crippen molar-refractivity contribution in [2.75, 3.05) is 7.05 Å². The summed E-state index contributed by atoms with van der Waals surface area (Å²) in [4.78, 5) is 14.2. The monoisotopic (exact) mass is 363 g/mol. The Hall–Kier alpha value is -0.590. The van der Waals surface area contributed by atoms with E-state index in [9.17, 15) is 4.79 Å². The SMILES string of the molecule is CC1CCCCC1N(C)C(=O)n1cc[n+](C)c1.[I-]. The molecular formula is C13H22IN3O. The highest BCUT2D eigenvalue weighted by molar-refractivity contribution is 5.76. The summed E-state index contributed by atoms with van der Waals surface area (Å²) in [5.74, 6) is 0.613. The molecule has 1 amide bonds. The van der Waals surface area contributed by atoms with E-state index in [1.54, 1.807) is 4.57 Å². The fourth-order valence-corrected chi connectivity index (χ4v) is 2.76. The molecule has 1 aromatic heterocycles. The van der Waals surface area contributed by atoms with Gasteiger partial charge in [-0.1, -0.05) is 19.8 Å². The fraction of sp³-hybridized carbons (Fsp3) is 0.692. The Bertz CT molecular complexity index is 405. The molecule has 0 spiro atoms. The maximum absolute atomic E-state index is 12.3. The van der Waals surface area contributed by atoms with Gasteiger partial charge in [0.25, 0.3) is 6.33 Å². The number of imidazole rings is 1. The van der Waals surface area contributed by atoms with Crippen LogP contribution in [0.2, 0.25) is 0 Å². The van der Waals surface area contributed by atoms with E-state index in [0.717, 1.165) is 6.42 Å². The molecule has 1 aliphatic carbocycles. The first-order chi connectivity index (χ1) is 8.09. The lowest BCUT2D eigenvalue weighted by Gasteiger charge is -2.34. The summed E-state index contributed by atoms with van der Waals surface area (Å²) in [5, 5.41) is 0. The zero-order valence-electron chi connectivity index (χ0n) is 11.3. The summed E-state index contributed by atoms with van der Waals surface area (Å²) >= 11 is 0. The third-order valence-electron chi connectivity index (χ3n) is 3.86. The van der Waals surface area contributed by atoms with E-state index in [1.807, 2.05) is 42.3 Å². The Morgan fingerprint density at radius 3 is 2.61 bits per heavy atom. The van der Waals surface area contributed by atoms with Gasteiger partial charge in [0, 0.05) is 13.1 Å². The molecule has 18 heavy (non-hydrogen) atoms. The molecule has 0 N–H and O–H groups in total. The number of hydrogen-bond acceptors (Lipinski definition) is 1. The van der Waals surface area contributed by atoms with E-state index >= 15 is 0 Å². The summed E-state index contributed by atoms with van der Waals surface area (Å²) in [6.07, 6.45) is 10.4. The Morgan fingerprint density at radius 1 is 1.39 bits per heavy atom. The second-order valence-electron chi connectivity index (χ2n) is 5.21. The van der Waals surface area contributed by atoms with Gasteiger partial charge in [-0.2, -0.15) is 4.57 Å². The molecule has 1 fully saturated rings. The molecule has 1 heterocycles. The highest BCUT2D eigenvalue weighted by atomic mass is 127. The second-order valence-corrected chi connectivity index (χ2v) is 5.21. The number of carbonyl (C=O) groups excluding carboxylic acids is 1. The molecule has 4 nitrogen and oxygen atoms in total. The first kappa shape index (κ1) is 15.5. The smallest absolute Gasteiger partial charge is 0.415 e. The van der Waals surface area contributed by atoms with Crippen LogP contribution in [0.4, 0.5) is 4.79 Å². The largest absolute Gasteiger partial charge is 1.00 e. The maximum atomic E-state index is 12.3. The number of aromatic nitrogens is 2. The number of rotatable bonds is 1. The minimum Gasteiger partial charge on any atom is -1.00 e. The molecule has 0 saturated heterocycles. The van der Waals surface area contributed by atoms with Crippen LogP contribution in [0.25, 0.3) is 0 Å². The zero-order valence-corrected chi connectivity index (χ0v) is 13.5. The topological polar surface area (TPSA) is 29.1 Å². The summed E-state index contributed by atoms with van der Waals surface area (Å²) in [6.45, 7) is 2.25. The number of halogens is 1. The molecule has 1 aliphatic rings. The van der Waals surface area contributed by atoms with Crippen LogP contribution in [0.15, 0.2) is 18.7 Å². The molecule has 1 aromatic rings. The standard InChI is InChI=1S/C13H22N3O.HI/c1-11-6-4-5-7-12(11)15(3)13(17)16-9-8-14(2)10-16;/h8-12H,4-7H2,1-3H3;1H/q+1;/p-1.